The van der Waals surface area contributed by atoms with Crippen molar-refractivity contribution < 1.29 is 0 Å². The van der Waals surface area contributed by atoms with Gasteiger partial charge in [0.05, 0.1) is 10.7 Å². The normalized spacial score (nSPS) is 20.2. The number of anilines is 1. The van der Waals surface area contributed by atoms with Crippen molar-refractivity contribution in [2.24, 2.45) is 5.73 Å². The molecule has 1 aliphatic rings. The van der Waals surface area contributed by atoms with Gasteiger partial charge in [0.1, 0.15) is 0 Å². The number of rotatable bonds is 2. The van der Waals surface area contributed by atoms with Gasteiger partial charge < -0.3 is 10.6 Å². The Morgan fingerprint density at radius 3 is 3.13 bits per heavy atom. The van der Waals surface area contributed by atoms with E-state index in [9.17, 15) is 0 Å². The molecule has 1 heterocycles. The molecule has 4 heteroatoms. The first-order valence-electron chi connectivity index (χ1n) is 5.12. The van der Waals surface area contributed by atoms with Crippen LogP contribution in [0.15, 0.2) is 23.1 Å². The van der Waals surface area contributed by atoms with Gasteiger partial charge in [-0.3, -0.25) is 0 Å². The smallest absolute Gasteiger partial charge is 0.0696 e. The molecule has 2 N–H and O–H groups in total. The number of nitrogens with two attached hydrogens (primary N) is 1. The van der Waals surface area contributed by atoms with E-state index in [2.05, 4.69) is 17.9 Å². The van der Waals surface area contributed by atoms with E-state index in [-0.39, 0.29) is 0 Å². The summed E-state index contributed by atoms with van der Waals surface area (Å²) in [5.41, 5.74) is 6.80. The number of fused-ring (bicyclic) bond motifs is 1. The molecule has 1 atom stereocenters. The molecule has 0 aliphatic carbocycles. The van der Waals surface area contributed by atoms with Gasteiger partial charge in [0, 0.05) is 29.8 Å². The minimum Gasteiger partial charge on any atom is -0.365 e. The van der Waals surface area contributed by atoms with Crippen LogP contribution in [-0.4, -0.2) is 24.9 Å². The van der Waals surface area contributed by atoms with Gasteiger partial charge in [0.2, 0.25) is 0 Å². The highest BCUT2D eigenvalue weighted by atomic mass is 35.5. The Bertz CT molecular complexity index is 356. The van der Waals surface area contributed by atoms with E-state index in [4.69, 9.17) is 17.3 Å². The maximum Gasteiger partial charge on any atom is 0.0696 e. The van der Waals surface area contributed by atoms with E-state index in [1.54, 1.807) is 0 Å². The molecule has 1 unspecified atom stereocenters. The van der Waals surface area contributed by atoms with Crippen LogP contribution >= 0.6 is 23.4 Å². The van der Waals surface area contributed by atoms with Crippen LogP contribution < -0.4 is 10.6 Å². The number of hydrogen-bond acceptors (Lipinski definition) is 3. The SMILES string of the molecule is CC1CSc2cccc(Cl)c2N1CCN. The van der Waals surface area contributed by atoms with E-state index >= 15 is 0 Å². The summed E-state index contributed by atoms with van der Waals surface area (Å²) in [6.45, 7) is 3.76. The van der Waals surface area contributed by atoms with Crippen LogP contribution in [0.5, 0.6) is 0 Å². The van der Waals surface area contributed by atoms with Crippen molar-refractivity contribution in [3.63, 3.8) is 0 Å². The third-order valence-corrected chi connectivity index (χ3v) is 4.21. The average Bonchev–Trinajstić information content (AvgIpc) is 2.23. The number of nitrogens with zero attached hydrogens (tertiary/aromatic N) is 1. The van der Waals surface area contributed by atoms with Crippen LogP contribution in [0.2, 0.25) is 5.02 Å². The summed E-state index contributed by atoms with van der Waals surface area (Å²) in [4.78, 5) is 3.59. The second-order valence-electron chi connectivity index (χ2n) is 3.73. The summed E-state index contributed by atoms with van der Waals surface area (Å²) in [5, 5.41) is 0.833. The van der Waals surface area contributed by atoms with E-state index in [0.29, 0.717) is 12.6 Å². The Balaban J connectivity index is 2.41. The fourth-order valence-electron chi connectivity index (χ4n) is 1.88. The molecule has 0 radical (unpaired) electrons. The van der Waals surface area contributed by atoms with Crippen molar-refractivity contribution >= 4 is 29.1 Å². The fraction of sp³-hybridized carbons (Fsp3) is 0.455. The molecule has 15 heavy (non-hydrogen) atoms. The van der Waals surface area contributed by atoms with Gasteiger partial charge in [-0.05, 0) is 19.1 Å². The van der Waals surface area contributed by atoms with Gasteiger partial charge in [0.25, 0.3) is 0 Å². The molecule has 1 aromatic rings. The van der Waals surface area contributed by atoms with Gasteiger partial charge in [0.15, 0.2) is 0 Å². The highest BCUT2D eigenvalue weighted by Crippen LogP contribution is 2.41. The highest BCUT2D eigenvalue weighted by Gasteiger charge is 2.24. The van der Waals surface area contributed by atoms with Crippen molar-refractivity contribution in [3.05, 3.63) is 23.2 Å². The Morgan fingerprint density at radius 1 is 1.60 bits per heavy atom. The van der Waals surface area contributed by atoms with E-state index in [0.717, 1.165) is 23.0 Å². The molecule has 0 spiro atoms. The summed E-state index contributed by atoms with van der Waals surface area (Å²) >= 11 is 8.12. The summed E-state index contributed by atoms with van der Waals surface area (Å²) in [6, 6.07) is 6.58. The lowest BCUT2D eigenvalue weighted by Gasteiger charge is -2.37. The molecule has 0 amide bonds. The number of thioether (sulfide) groups is 1. The molecule has 0 bridgehead atoms. The molecule has 2 nitrogen and oxygen atoms in total. The molecule has 0 aromatic heterocycles. The zero-order chi connectivity index (χ0) is 10.8. The molecule has 1 aromatic carbocycles. The molecule has 0 saturated carbocycles. The van der Waals surface area contributed by atoms with Crippen LogP contribution in [0.3, 0.4) is 0 Å². The summed E-state index contributed by atoms with van der Waals surface area (Å²) in [6.07, 6.45) is 0. The Labute approximate surface area is 99.8 Å². The van der Waals surface area contributed by atoms with Crippen LogP contribution in [0.4, 0.5) is 5.69 Å². The maximum atomic E-state index is 6.24. The van der Waals surface area contributed by atoms with E-state index in [1.807, 2.05) is 23.9 Å². The van der Waals surface area contributed by atoms with Crippen molar-refractivity contribution in [1.82, 2.24) is 0 Å². The van der Waals surface area contributed by atoms with Gasteiger partial charge in [-0.1, -0.05) is 17.7 Å². The number of para-hydroxylation sites is 1. The lowest BCUT2D eigenvalue weighted by Crippen LogP contribution is -2.41. The van der Waals surface area contributed by atoms with E-state index < -0.39 is 0 Å². The zero-order valence-electron chi connectivity index (χ0n) is 8.74. The quantitative estimate of drug-likeness (QED) is 0.865. The predicted octanol–water partition coefficient (Wildman–Crippen LogP) is 2.60. The Morgan fingerprint density at radius 2 is 2.40 bits per heavy atom. The Hall–Kier alpha value is -0.380. The minimum atomic E-state index is 0.506. The lowest BCUT2D eigenvalue weighted by atomic mass is 10.2. The monoisotopic (exact) mass is 242 g/mol. The minimum absolute atomic E-state index is 0.506. The molecule has 1 aliphatic heterocycles. The van der Waals surface area contributed by atoms with Crippen molar-refractivity contribution in [2.75, 3.05) is 23.7 Å². The first-order valence-corrected chi connectivity index (χ1v) is 6.48. The maximum absolute atomic E-state index is 6.24. The Kier molecular flexibility index (Phi) is 3.44. The summed E-state index contributed by atoms with van der Waals surface area (Å²) in [7, 11) is 0. The predicted molar refractivity (Wildman–Crippen MR) is 68.0 cm³/mol. The first-order chi connectivity index (χ1) is 7.24. The second-order valence-corrected chi connectivity index (χ2v) is 5.20. The zero-order valence-corrected chi connectivity index (χ0v) is 10.3. The summed E-state index contributed by atoms with van der Waals surface area (Å²) < 4.78 is 0. The number of hydrogen-bond donors (Lipinski definition) is 1. The van der Waals surface area contributed by atoms with Crippen LogP contribution in [-0.2, 0) is 0 Å². The van der Waals surface area contributed by atoms with Gasteiger partial charge in [-0.25, -0.2) is 0 Å². The fourth-order valence-corrected chi connectivity index (χ4v) is 3.36. The third-order valence-electron chi connectivity index (χ3n) is 2.62. The van der Waals surface area contributed by atoms with Gasteiger partial charge in [-0.15, -0.1) is 11.8 Å². The molecule has 2 rings (SSSR count). The third kappa shape index (κ3) is 2.10. The number of benzene rings is 1. The lowest BCUT2D eigenvalue weighted by molar-refractivity contribution is 0.678. The topological polar surface area (TPSA) is 29.3 Å². The molecule has 82 valence electrons. The van der Waals surface area contributed by atoms with Crippen molar-refractivity contribution in [3.8, 4) is 0 Å². The second kappa shape index (κ2) is 4.64. The molecular weight excluding hydrogens is 228 g/mol. The van der Waals surface area contributed by atoms with Crippen molar-refractivity contribution in [2.45, 2.75) is 17.9 Å². The van der Waals surface area contributed by atoms with Crippen LogP contribution in [0.1, 0.15) is 6.92 Å². The molecular formula is C11H15ClN2S. The van der Waals surface area contributed by atoms with Gasteiger partial charge >= 0.3 is 0 Å². The first kappa shape index (κ1) is 11.1. The molecule has 0 saturated heterocycles. The number of halogens is 1. The largest absolute Gasteiger partial charge is 0.365 e. The molecule has 0 fully saturated rings. The standard InChI is InChI=1S/C11H15ClN2S/c1-8-7-15-10-4-2-3-9(12)11(10)14(8)6-5-13/h2-4,8H,5-7,13H2,1H3. The van der Waals surface area contributed by atoms with Crippen LogP contribution in [0.25, 0.3) is 0 Å². The summed E-state index contributed by atoms with van der Waals surface area (Å²) in [5.74, 6) is 1.10. The van der Waals surface area contributed by atoms with Gasteiger partial charge in [-0.2, -0.15) is 0 Å². The van der Waals surface area contributed by atoms with Crippen molar-refractivity contribution in [1.29, 1.82) is 0 Å². The average molecular weight is 243 g/mol. The van der Waals surface area contributed by atoms with Crippen LogP contribution in [0, 0.1) is 0 Å². The highest BCUT2D eigenvalue weighted by molar-refractivity contribution is 7.99. The van der Waals surface area contributed by atoms with E-state index in [1.165, 1.54) is 4.90 Å².